The van der Waals surface area contributed by atoms with Crippen LogP contribution in [-0.2, 0) is 11.3 Å². The van der Waals surface area contributed by atoms with E-state index >= 15 is 0 Å². The maximum absolute atomic E-state index is 5.72. The summed E-state index contributed by atoms with van der Waals surface area (Å²) < 4.78 is 7.71. The molecule has 1 aliphatic rings. The number of aromatic nitrogens is 2. The Bertz CT molecular complexity index is 533. The summed E-state index contributed by atoms with van der Waals surface area (Å²) in [4.78, 5) is 4.41. The predicted molar refractivity (Wildman–Crippen MR) is 74.4 cm³/mol. The summed E-state index contributed by atoms with van der Waals surface area (Å²) in [6.07, 6.45) is 4.17. The van der Waals surface area contributed by atoms with E-state index in [0.29, 0.717) is 5.92 Å². The highest BCUT2D eigenvalue weighted by Crippen LogP contribution is 2.20. The third kappa shape index (κ3) is 2.63. The Hall–Kier alpha value is -1.43. The first-order valence-corrected chi connectivity index (χ1v) is 6.82. The van der Waals surface area contributed by atoms with Crippen LogP contribution in [0.5, 0.6) is 0 Å². The minimum absolute atomic E-state index is 0.220. The summed E-state index contributed by atoms with van der Waals surface area (Å²) in [5.74, 6) is 6.20. The van der Waals surface area contributed by atoms with Gasteiger partial charge in [0.15, 0.2) is 0 Å². The van der Waals surface area contributed by atoms with E-state index in [0.717, 1.165) is 37.2 Å². The molecule has 3 rings (SSSR count). The third-order valence-corrected chi connectivity index (χ3v) is 3.90. The number of hydrogen-bond acceptors (Lipinski definition) is 4. The molecule has 0 saturated carbocycles. The van der Waals surface area contributed by atoms with E-state index in [1.807, 2.05) is 24.5 Å². The molecule has 3 N–H and O–H groups in total. The molecule has 102 valence electrons. The van der Waals surface area contributed by atoms with Gasteiger partial charge in [-0.05, 0) is 25.0 Å². The SMILES string of the molecule is NNC(Cn1cnc2ccccc21)C1CCCOC1. The number of nitrogens with zero attached hydrogens (tertiary/aromatic N) is 2. The Morgan fingerprint density at radius 2 is 2.37 bits per heavy atom. The second-order valence-electron chi connectivity index (χ2n) is 5.14. The molecule has 0 bridgehead atoms. The predicted octanol–water partition coefficient (Wildman–Crippen LogP) is 1.29. The normalized spacial score (nSPS) is 21.6. The van der Waals surface area contributed by atoms with Crippen molar-refractivity contribution in [2.45, 2.75) is 25.4 Å². The van der Waals surface area contributed by atoms with Gasteiger partial charge in [-0.15, -0.1) is 0 Å². The van der Waals surface area contributed by atoms with Crippen LogP contribution in [0.15, 0.2) is 30.6 Å². The van der Waals surface area contributed by atoms with Crippen molar-refractivity contribution in [3.63, 3.8) is 0 Å². The molecule has 1 aromatic heterocycles. The molecule has 19 heavy (non-hydrogen) atoms. The van der Waals surface area contributed by atoms with Crippen LogP contribution in [0.25, 0.3) is 11.0 Å². The molecular formula is C14H20N4O. The molecule has 5 heteroatoms. The lowest BCUT2D eigenvalue weighted by Gasteiger charge is -2.30. The van der Waals surface area contributed by atoms with Crippen LogP contribution in [0, 0.1) is 5.92 Å². The van der Waals surface area contributed by atoms with E-state index in [1.54, 1.807) is 0 Å². The average molecular weight is 260 g/mol. The highest BCUT2D eigenvalue weighted by Gasteiger charge is 2.24. The van der Waals surface area contributed by atoms with E-state index in [9.17, 15) is 0 Å². The number of hydrogen-bond donors (Lipinski definition) is 2. The van der Waals surface area contributed by atoms with Crippen molar-refractivity contribution < 1.29 is 4.74 Å². The molecule has 0 radical (unpaired) electrons. The number of nitrogens with one attached hydrogen (secondary N) is 1. The largest absolute Gasteiger partial charge is 0.381 e. The number of ether oxygens (including phenoxy) is 1. The van der Waals surface area contributed by atoms with Gasteiger partial charge >= 0.3 is 0 Å². The van der Waals surface area contributed by atoms with Crippen LogP contribution in [0.3, 0.4) is 0 Å². The molecule has 0 amide bonds. The summed E-state index contributed by atoms with van der Waals surface area (Å²) in [6, 6.07) is 8.38. The molecule has 1 saturated heterocycles. The number of fused-ring (bicyclic) bond motifs is 1. The quantitative estimate of drug-likeness (QED) is 0.642. The summed E-state index contributed by atoms with van der Waals surface area (Å²) in [5, 5.41) is 0. The molecule has 1 aliphatic heterocycles. The van der Waals surface area contributed by atoms with Gasteiger partial charge in [0.25, 0.3) is 0 Å². The first kappa shape index (κ1) is 12.6. The Morgan fingerprint density at radius 1 is 1.47 bits per heavy atom. The Balaban J connectivity index is 1.78. The van der Waals surface area contributed by atoms with Gasteiger partial charge in [-0.2, -0.15) is 0 Å². The topological polar surface area (TPSA) is 65.1 Å². The summed E-state index contributed by atoms with van der Waals surface area (Å²) in [5.41, 5.74) is 5.12. The monoisotopic (exact) mass is 260 g/mol. The maximum atomic E-state index is 5.72. The molecule has 2 unspecified atom stereocenters. The zero-order valence-electron chi connectivity index (χ0n) is 11.0. The lowest BCUT2D eigenvalue weighted by atomic mass is 9.94. The lowest BCUT2D eigenvalue weighted by molar-refractivity contribution is 0.0367. The van der Waals surface area contributed by atoms with Crippen molar-refractivity contribution in [3.05, 3.63) is 30.6 Å². The molecule has 0 spiro atoms. The number of imidazole rings is 1. The molecule has 5 nitrogen and oxygen atoms in total. The lowest BCUT2D eigenvalue weighted by Crippen LogP contribution is -2.46. The first-order chi connectivity index (χ1) is 9.38. The number of rotatable bonds is 4. The van der Waals surface area contributed by atoms with Crippen LogP contribution < -0.4 is 11.3 Å². The van der Waals surface area contributed by atoms with Crippen LogP contribution in [0.1, 0.15) is 12.8 Å². The fourth-order valence-corrected chi connectivity index (χ4v) is 2.79. The number of nitrogens with two attached hydrogens (primary N) is 1. The Morgan fingerprint density at radius 3 is 3.16 bits per heavy atom. The molecular weight excluding hydrogens is 240 g/mol. The van der Waals surface area contributed by atoms with Gasteiger partial charge in [0, 0.05) is 25.1 Å². The maximum Gasteiger partial charge on any atom is 0.0958 e. The van der Waals surface area contributed by atoms with E-state index < -0.39 is 0 Å². The van der Waals surface area contributed by atoms with Gasteiger partial charge in [-0.3, -0.25) is 11.3 Å². The van der Waals surface area contributed by atoms with E-state index in [-0.39, 0.29) is 6.04 Å². The highest BCUT2D eigenvalue weighted by molar-refractivity contribution is 5.74. The van der Waals surface area contributed by atoms with Crippen LogP contribution in [0.4, 0.5) is 0 Å². The smallest absolute Gasteiger partial charge is 0.0958 e. The van der Waals surface area contributed by atoms with Crippen molar-refractivity contribution in [1.82, 2.24) is 15.0 Å². The minimum Gasteiger partial charge on any atom is -0.381 e. The van der Waals surface area contributed by atoms with Gasteiger partial charge in [-0.1, -0.05) is 12.1 Å². The number of hydrazine groups is 1. The van der Waals surface area contributed by atoms with Gasteiger partial charge in [0.05, 0.1) is 24.0 Å². The first-order valence-electron chi connectivity index (χ1n) is 6.82. The van der Waals surface area contributed by atoms with Crippen molar-refractivity contribution in [3.8, 4) is 0 Å². The molecule has 2 aromatic rings. The second kappa shape index (κ2) is 5.69. The molecule has 2 atom stereocenters. The zero-order valence-corrected chi connectivity index (χ0v) is 11.0. The molecule has 1 aromatic carbocycles. The van der Waals surface area contributed by atoms with E-state index in [2.05, 4.69) is 21.0 Å². The standard InChI is InChI=1S/C14H20N4O/c15-17-13(11-4-3-7-19-9-11)8-18-10-16-12-5-1-2-6-14(12)18/h1-2,5-6,10-11,13,17H,3-4,7-9,15H2. The van der Waals surface area contributed by atoms with Gasteiger partial charge < -0.3 is 9.30 Å². The van der Waals surface area contributed by atoms with Crippen molar-refractivity contribution >= 4 is 11.0 Å². The van der Waals surface area contributed by atoms with Gasteiger partial charge in [-0.25, -0.2) is 4.98 Å². The number of benzene rings is 1. The van der Waals surface area contributed by atoms with Crippen molar-refractivity contribution in [2.75, 3.05) is 13.2 Å². The van der Waals surface area contributed by atoms with Crippen LogP contribution in [0.2, 0.25) is 0 Å². The van der Waals surface area contributed by atoms with Crippen molar-refractivity contribution in [2.24, 2.45) is 11.8 Å². The summed E-state index contributed by atoms with van der Waals surface area (Å²) in [7, 11) is 0. The van der Waals surface area contributed by atoms with E-state index in [4.69, 9.17) is 10.6 Å². The molecule has 2 heterocycles. The van der Waals surface area contributed by atoms with Crippen molar-refractivity contribution in [1.29, 1.82) is 0 Å². The number of para-hydroxylation sites is 2. The summed E-state index contributed by atoms with van der Waals surface area (Å²) >= 11 is 0. The van der Waals surface area contributed by atoms with Crippen LogP contribution >= 0.6 is 0 Å². The van der Waals surface area contributed by atoms with E-state index in [1.165, 1.54) is 6.42 Å². The third-order valence-electron chi connectivity index (χ3n) is 3.90. The molecule has 0 aliphatic carbocycles. The Labute approximate surface area is 112 Å². The zero-order chi connectivity index (χ0) is 13.1. The Kier molecular flexibility index (Phi) is 3.77. The van der Waals surface area contributed by atoms with Gasteiger partial charge in [0.1, 0.15) is 0 Å². The van der Waals surface area contributed by atoms with Gasteiger partial charge in [0.2, 0.25) is 0 Å². The summed E-state index contributed by atoms with van der Waals surface area (Å²) in [6.45, 7) is 2.49. The fourth-order valence-electron chi connectivity index (χ4n) is 2.79. The fraction of sp³-hybridized carbons (Fsp3) is 0.500. The molecule has 1 fully saturated rings. The minimum atomic E-state index is 0.220. The average Bonchev–Trinajstić information content (AvgIpc) is 2.89. The highest BCUT2D eigenvalue weighted by atomic mass is 16.5. The van der Waals surface area contributed by atoms with Crippen LogP contribution in [-0.4, -0.2) is 28.8 Å². The second-order valence-corrected chi connectivity index (χ2v) is 5.14.